The second kappa shape index (κ2) is 13.4. The van der Waals surface area contributed by atoms with Gasteiger partial charge in [0.2, 0.25) is 11.8 Å². The van der Waals surface area contributed by atoms with E-state index >= 15 is 0 Å². The first-order chi connectivity index (χ1) is 15.5. The first-order valence-electron chi connectivity index (χ1n) is 11.4. The van der Waals surface area contributed by atoms with Gasteiger partial charge in [-0.25, -0.2) is 0 Å². The summed E-state index contributed by atoms with van der Waals surface area (Å²) in [5.74, 6) is 1.37. The van der Waals surface area contributed by atoms with Gasteiger partial charge < -0.3 is 19.7 Å². The number of hydrogen-bond acceptors (Lipinski definition) is 4. The van der Waals surface area contributed by atoms with Crippen molar-refractivity contribution in [2.75, 3.05) is 20.3 Å². The van der Waals surface area contributed by atoms with Crippen LogP contribution in [0, 0.1) is 6.92 Å². The number of hydrogen-bond donors (Lipinski definition) is 1. The van der Waals surface area contributed by atoms with Crippen LogP contribution in [0.25, 0.3) is 0 Å². The number of nitrogens with zero attached hydrogens (tertiary/aromatic N) is 1. The van der Waals surface area contributed by atoms with Crippen LogP contribution in [0.15, 0.2) is 48.5 Å². The van der Waals surface area contributed by atoms with Crippen LogP contribution in [0.1, 0.15) is 50.7 Å². The topological polar surface area (TPSA) is 67.9 Å². The molecule has 0 bridgehead atoms. The molecule has 32 heavy (non-hydrogen) atoms. The SMILES string of the molecule is CCCNC(=O)C(CC)N(Cc1ccc(C)cc1)C(=O)CCCOc1ccc(OC)cc1. The monoisotopic (exact) mass is 440 g/mol. The standard InChI is InChI=1S/C26H36N2O4/c1-5-17-27-26(30)24(6-2)28(19-21-11-9-20(3)10-12-21)25(29)8-7-18-32-23-15-13-22(31-4)14-16-23/h9-16,24H,5-8,17-19H2,1-4H3,(H,27,30). The molecule has 0 fully saturated rings. The third kappa shape index (κ3) is 7.91. The summed E-state index contributed by atoms with van der Waals surface area (Å²) in [4.78, 5) is 27.6. The Balaban J connectivity index is 2.01. The maximum absolute atomic E-state index is 13.2. The second-order valence-corrected chi connectivity index (χ2v) is 7.85. The minimum absolute atomic E-state index is 0.0394. The molecule has 2 rings (SSSR count). The Morgan fingerprint density at radius 3 is 2.25 bits per heavy atom. The summed E-state index contributed by atoms with van der Waals surface area (Å²) >= 11 is 0. The molecule has 0 aromatic heterocycles. The number of amides is 2. The predicted octanol–water partition coefficient (Wildman–Crippen LogP) is 4.50. The number of rotatable bonds is 13. The molecule has 0 aliphatic heterocycles. The van der Waals surface area contributed by atoms with Gasteiger partial charge in [0.05, 0.1) is 13.7 Å². The summed E-state index contributed by atoms with van der Waals surface area (Å²) in [7, 11) is 1.62. The zero-order valence-corrected chi connectivity index (χ0v) is 19.7. The molecule has 0 spiro atoms. The third-order valence-corrected chi connectivity index (χ3v) is 5.27. The lowest BCUT2D eigenvalue weighted by Crippen LogP contribution is -2.49. The van der Waals surface area contributed by atoms with Gasteiger partial charge in [-0.15, -0.1) is 0 Å². The minimum Gasteiger partial charge on any atom is -0.497 e. The van der Waals surface area contributed by atoms with Gasteiger partial charge in [-0.05, 0) is 56.0 Å². The lowest BCUT2D eigenvalue weighted by molar-refractivity contribution is -0.141. The van der Waals surface area contributed by atoms with Crippen LogP contribution in [0.5, 0.6) is 11.5 Å². The molecule has 0 heterocycles. The van der Waals surface area contributed by atoms with Crippen molar-refractivity contribution in [3.8, 4) is 11.5 Å². The molecule has 0 radical (unpaired) electrons. The molecule has 6 nitrogen and oxygen atoms in total. The molecule has 0 saturated heterocycles. The number of aryl methyl sites for hydroxylation is 1. The van der Waals surface area contributed by atoms with Crippen LogP contribution in [-0.2, 0) is 16.1 Å². The maximum Gasteiger partial charge on any atom is 0.242 e. The Morgan fingerprint density at radius 2 is 1.66 bits per heavy atom. The third-order valence-electron chi connectivity index (χ3n) is 5.27. The van der Waals surface area contributed by atoms with Crippen molar-refractivity contribution < 1.29 is 19.1 Å². The highest BCUT2D eigenvalue weighted by Gasteiger charge is 2.28. The zero-order chi connectivity index (χ0) is 23.3. The van der Waals surface area contributed by atoms with Crippen LogP contribution >= 0.6 is 0 Å². The van der Waals surface area contributed by atoms with Crippen molar-refractivity contribution >= 4 is 11.8 Å². The van der Waals surface area contributed by atoms with Gasteiger partial charge >= 0.3 is 0 Å². The highest BCUT2D eigenvalue weighted by Crippen LogP contribution is 2.18. The predicted molar refractivity (Wildman–Crippen MR) is 127 cm³/mol. The van der Waals surface area contributed by atoms with E-state index in [4.69, 9.17) is 9.47 Å². The van der Waals surface area contributed by atoms with E-state index in [0.29, 0.717) is 39.0 Å². The number of benzene rings is 2. The van der Waals surface area contributed by atoms with Gasteiger partial charge in [-0.2, -0.15) is 0 Å². The van der Waals surface area contributed by atoms with Gasteiger partial charge in [0, 0.05) is 19.5 Å². The fraction of sp³-hybridized carbons (Fsp3) is 0.462. The van der Waals surface area contributed by atoms with Gasteiger partial charge in [0.1, 0.15) is 17.5 Å². The van der Waals surface area contributed by atoms with Crippen LogP contribution < -0.4 is 14.8 Å². The van der Waals surface area contributed by atoms with Crippen molar-refractivity contribution in [2.24, 2.45) is 0 Å². The molecule has 1 N–H and O–H groups in total. The van der Waals surface area contributed by atoms with Crippen LogP contribution in [-0.4, -0.2) is 43.0 Å². The van der Waals surface area contributed by atoms with Crippen molar-refractivity contribution in [2.45, 2.75) is 59.0 Å². The highest BCUT2D eigenvalue weighted by molar-refractivity contribution is 5.87. The maximum atomic E-state index is 13.2. The number of ether oxygens (including phenoxy) is 2. The van der Waals surface area contributed by atoms with Gasteiger partial charge in [-0.3, -0.25) is 9.59 Å². The molecule has 6 heteroatoms. The normalized spacial score (nSPS) is 11.5. The van der Waals surface area contributed by atoms with E-state index in [1.807, 2.05) is 69.3 Å². The number of carbonyl (C=O) groups excluding carboxylic acids is 2. The zero-order valence-electron chi connectivity index (χ0n) is 19.7. The number of nitrogens with one attached hydrogen (secondary N) is 1. The van der Waals surface area contributed by atoms with Crippen LogP contribution in [0.2, 0.25) is 0 Å². The fourth-order valence-electron chi connectivity index (χ4n) is 3.40. The Labute approximate surface area is 191 Å². The average Bonchev–Trinajstić information content (AvgIpc) is 2.81. The summed E-state index contributed by atoms with van der Waals surface area (Å²) in [6.45, 7) is 7.43. The largest absolute Gasteiger partial charge is 0.497 e. The molecule has 0 aliphatic carbocycles. The van der Waals surface area contributed by atoms with E-state index < -0.39 is 6.04 Å². The Morgan fingerprint density at radius 1 is 1.00 bits per heavy atom. The van der Waals surface area contributed by atoms with Gasteiger partial charge in [0.15, 0.2) is 0 Å². The van der Waals surface area contributed by atoms with Gasteiger partial charge in [0.25, 0.3) is 0 Å². The summed E-state index contributed by atoms with van der Waals surface area (Å²) in [6, 6.07) is 15.0. The lowest BCUT2D eigenvalue weighted by Gasteiger charge is -2.30. The molecule has 1 atom stereocenters. The Bertz CT molecular complexity index is 834. The van der Waals surface area contributed by atoms with E-state index in [9.17, 15) is 9.59 Å². The lowest BCUT2D eigenvalue weighted by atomic mass is 10.1. The molecule has 0 aliphatic rings. The average molecular weight is 441 g/mol. The summed E-state index contributed by atoms with van der Waals surface area (Å²) in [5, 5.41) is 2.94. The minimum atomic E-state index is -0.488. The molecular weight excluding hydrogens is 404 g/mol. The molecule has 2 aromatic carbocycles. The highest BCUT2D eigenvalue weighted by atomic mass is 16.5. The summed E-state index contributed by atoms with van der Waals surface area (Å²) < 4.78 is 10.9. The second-order valence-electron chi connectivity index (χ2n) is 7.85. The molecule has 174 valence electrons. The van der Waals surface area contributed by atoms with Crippen molar-refractivity contribution in [3.05, 3.63) is 59.7 Å². The quantitative estimate of drug-likeness (QED) is 0.466. The van der Waals surface area contributed by atoms with Crippen molar-refractivity contribution in [1.29, 1.82) is 0 Å². The number of carbonyl (C=O) groups is 2. The van der Waals surface area contributed by atoms with Crippen LogP contribution in [0.4, 0.5) is 0 Å². The Hall–Kier alpha value is -3.02. The Kier molecular flexibility index (Phi) is 10.6. The molecular formula is C26H36N2O4. The van der Waals surface area contributed by atoms with E-state index in [1.165, 1.54) is 0 Å². The molecule has 2 aromatic rings. The smallest absolute Gasteiger partial charge is 0.242 e. The first-order valence-corrected chi connectivity index (χ1v) is 11.4. The van der Waals surface area contributed by atoms with E-state index in [1.54, 1.807) is 12.0 Å². The van der Waals surface area contributed by atoms with E-state index in [-0.39, 0.29) is 11.8 Å². The first kappa shape index (κ1) is 25.2. The number of methoxy groups -OCH3 is 1. The fourth-order valence-corrected chi connectivity index (χ4v) is 3.40. The van der Waals surface area contributed by atoms with Crippen LogP contribution in [0.3, 0.4) is 0 Å². The van der Waals surface area contributed by atoms with E-state index in [0.717, 1.165) is 29.0 Å². The van der Waals surface area contributed by atoms with Crippen molar-refractivity contribution in [1.82, 2.24) is 10.2 Å². The van der Waals surface area contributed by atoms with Crippen molar-refractivity contribution in [3.63, 3.8) is 0 Å². The summed E-state index contributed by atoms with van der Waals surface area (Å²) in [5.41, 5.74) is 2.18. The molecule has 1 unspecified atom stereocenters. The molecule has 0 saturated carbocycles. The van der Waals surface area contributed by atoms with Gasteiger partial charge in [-0.1, -0.05) is 43.7 Å². The van der Waals surface area contributed by atoms with E-state index in [2.05, 4.69) is 5.32 Å². The molecule has 2 amide bonds. The summed E-state index contributed by atoms with van der Waals surface area (Å²) in [6.07, 6.45) is 2.31.